The Kier molecular flexibility index (Phi) is 4.44. The molecule has 0 saturated heterocycles. The van der Waals surface area contributed by atoms with Gasteiger partial charge in [0.1, 0.15) is 4.99 Å². The van der Waals surface area contributed by atoms with Gasteiger partial charge in [0.2, 0.25) is 0 Å². The summed E-state index contributed by atoms with van der Waals surface area (Å²) in [6.07, 6.45) is 0. The Morgan fingerprint density at radius 2 is 1.86 bits per heavy atom. The predicted molar refractivity (Wildman–Crippen MR) is 87.8 cm³/mol. The quantitative estimate of drug-likeness (QED) is 0.494. The van der Waals surface area contributed by atoms with Crippen molar-refractivity contribution in [2.75, 3.05) is 5.32 Å². The third-order valence-electron chi connectivity index (χ3n) is 2.73. The lowest BCUT2D eigenvalue weighted by atomic mass is 10.1. The highest BCUT2D eigenvalue weighted by Crippen LogP contribution is 2.26. The van der Waals surface area contributed by atoms with E-state index < -0.39 is 5.91 Å². The smallest absolute Gasteiger partial charge is 0.255 e. The Morgan fingerprint density at radius 1 is 1.14 bits per heavy atom. The number of nitrogens with one attached hydrogen (secondary N) is 1. The van der Waals surface area contributed by atoms with Gasteiger partial charge in [-0.2, -0.15) is 0 Å². The Bertz CT molecular complexity index is 734. The number of carbonyl (C=O) groups is 1. The van der Waals surface area contributed by atoms with E-state index in [1.807, 2.05) is 0 Å². The molecule has 108 valence electrons. The van der Waals surface area contributed by atoms with Crippen LogP contribution < -0.4 is 11.1 Å². The van der Waals surface area contributed by atoms with Crippen LogP contribution in [0.2, 0.25) is 0 Å². The molecule has 0 bridgehead atoms. The summed E-state index contributed by atoms with van der Waals surface area (Å²) in [6, 6.07) is 8.92. The lowest BCUT2D eigenvalue weighted by Gasteiger charge is -2.11. The van der Waals surface area contributed by atoms with Gasteiger partial charge in [-0.15, -0.1) is 0 Å². The minimum Gasteiger partial charge on any atom is -0.504 e. The first-order chi connectivity index (χ1) is 9.88. The van der Waals surface area contributed by atoms with Crippen molar-refractivity contribution < 1.29 is 15.0 Å². The zero-order chi connectivity index (χ0) is 15.6. The van der Waals surface area contributed by atoms with Crippen molar-refractivity contribution in [3.63, 3.8) is 0 Å². The van der Waals surface area contributed by atoms with Gasteiger partial charge in [-0.25, -0.2) is 0 Å². The Morgan fingerprint density at radius 3 is 2.48 bits per heavy atom. The number of carbonyl (C=O) groups excluding carboxylic acids is 1. The third kappa shape index (κ3) is 3.50. The highest BCUT2D eigenvalue weighted by atomic mass is 79.9. The minimum absolute atomic E-state index is 0.159. The average Bonchev–Trinajstić information content (AvgIpc) is 2.41. The van der Waals surface area contributed by atoms with Crippen LogP contribution in [-0.2, 0) is 0 Å². The molecule has 1 amide bonds. The van der Waals surface area contributed by atoms with Crippen LogP contribution in [0, 0.1) is 0 Å². The van der Waals surface area contributed by atoms with Crippen molar-refractivity contribution in [3.8, 4) is 11.5 Å². The van der Waals surface area contributed by atoms with E-state index in [9.17, 15) is 15.0 Å². The van der Waals surface area contributed by atoms with Gasteiger partial charge >= 0.3 is 0 Å². The van der Waals surface area contributed by atoms with Gasteiger partial charge in [-0.3, -0.25) is 4.79 Å². The molecular weight excluding hydrogens is 356 g/mol. The van der Waals surface area contributed by atoms with E-state index in [4.69, 9.17) is 18.0 Å². The maximum atomic E-state index is 12.2. The molecular formula is C14H11BrN2O3S. The zero-order valence-electron chi connectivity index (χ0n) is 10.6. The van der Waals surface area contributed by atoms with E-state index in [1.165, 1.54) is 18.2 Å². The van der Waals surface area contributed by atoms with Gasteiger partial charge in [-0.05, 0) is 36.4 Å². The van der Waals surface area contributed by atoms with Crippen LogP contribution in [-0.4, -0.2) is 21.1 Å². The largest absolute Gasteiger partial charge is 0.504 e. The molecule has 0 aromatic heterocycles. The van der Waals surface area contributed by atoms with E-state index in [0.717, 1.165) is 4.47 Å². The third-order valence-corrected chi connectivity index (χ3v) is 3.45. The summed E-state index contributed by atoms with van der Waals surface area (Å²) in [6.45, 7) is 0. The minimum atomic E-state index is -0.457. The van der Waals surface area contributed by atoms with Crippen LogP contribution in [0.5, 0.6) is 11.5 Å². The first-order valence-electron chi connectivity index (χ1n) is 5.81. The lowest BCUT2D eigenvalue weighted by Crippen LogP contribution is -2.17. The zero-order valence-corrected chi connectivity index (χ0v) is 13.0. The fourth-order valence-electron chi connectivity index (χ4n) is 1.69. The van der Waals surface area contributed by atoms with Crippen LogP contribution in [0.3, 0.4) is 0 Å². The summed E-state index contributed by atoms with van der Waals surface area (Å²) in [4.78, 5) is 12.3. The number of hydrogen-bond donors (Lipinski definition) is 4. The number of amides is 1. The van der Waals surface area contributed by atoms with Crippen molar-refractivity contribution in [3.05, 3.63) is 52.0 Å². The monoisotopic (exact) mass is 366 g/mol. The molecule has 0 aliphatic heterocycles. The lowest BCUT2D eigenvalue weighted by molar-refractivity contribution is 0.102. The van der Waals surface area contributed by atoms with Crippen LogP contribution in [0.1, 0.15) is 15.9 Å². The molecule has 5 N–H and O–H groups in total. The number of thiocarbonyl (C=S) groups is 1. The average molecular weight is 367 g/mol. The second kappa shape index (κ2) is 6.11. The van der Waals surface area contributed by atoms with Crippen LogP contribution in [0.4, 0.5) is 5.69 Å². The summed E-state index contributed by atoms with van der Waals surface area (Å²) in [7, 11) is 0. The Balaban J connectivity index is 2.33. The topological polar surface area (TPSA) is 95.6 Å². The summed E-state index contributed by atoms with van der Waals surface area (Å²) in [5.41, 5.74) is 6.79. The number of halogens is 1. The van der Waals surface area contributed by atoms with E-state index >= 15 is 0 Å². The van der Waals surface area contributed by atoms with Crippen molar-refractivity contribution in [1.82, 2.24) is 0 Å². The number of anilines is 1. The number of phenols is 2. The van der Waals surface area contributed by atoms with Crippen molar-refractivity contribution in [1.29, 1.82) is 0 Å². The van der Waals surface area contributed by atoms with E-state index in [-0.39, 0.29) is 22.1 Å². The molecule has 0 unspecified atom stereocenters. The first kappa shape index (κ1) is 15.3. The second-order valence-corrected chi connectivity index (χ2v) is 5.57. The van der Waals surface area contributed by atoms with Crippen molar-refractivity contribution in [2.24, 2.45) is 5.73 Å². The van der Waals surface area contributed by atoms with Gasteiger partial charge in [-0.1, -0.05) is 28.1 Å². The summed E-state index contributed by atoms with van der Waals surface area (Å²) >= 11 is 8.24. The Labute approximate surface area is 134 Å². The molecule has 2 rings (SSSR count). The van der Waals surface area contributed by atoms with E-state index in [1.54, 1.807) is 18.2 Å². The molecule has 0 heterocycles. The number of benzene rings is 2. The first-order valence-corrected chi connectivity index (χ1v) is 7.01. The molecule has 0 saturated carbocycles. The van der Waals surface area contributed by atoms with Gasteiger partial charge in [0.05, 0.1) is 5.69 Å². The SMILES string of the molecule is NC(=S)c1ccc(Br)cc1NC(=O)c1ccc(O)c(O)c1. The normalized spacial score (nSPS) is 10.1. The summed E-state index contributed by atoms with van der Waals surface area (Å²) in [5, 5.41) is 21.3. The molecule has 2 aromatic carbocycles. The standard InChI is InChI=1S/C14H11BrN2O3S/c15-8-2-3-9(13(16)21)10(6-8)17-14(20)7-1-4-11(18)12(19)5-7/h1-6,18-19H,(H2,16,21)(H,17,20). The van der Waals surface area contributed by atoms with Crippen LogP contribution >= 0.6 is 28.1 Å². The molecule has 0 fully saturated rings. The van der Waals surface area contributed by atoms with Crippen LogP contribution in [0.15, 0.2) is 40.9 Å². The van der Waals surface area contributed by atoms with Gasteiger partial charge in [0.15, 0.2) is 11.5 Å². The molecule has 7 heteroatoms. The molecule has 0 aliphatic rings. The Hall–Kier alpha value is -2.12. The molecule has 0 spiro atoms. The molecule has 0 atom stereocenters. The molecule has 0 aliphatic carbocycles. The van der Waals surface area contributed by atoms with Gasteiger partial charge < -0.3 is 21.3 Å². The molecule has 21 heavy (non-hydrogen) atoms. The van der Waals surface area contributed by atoms with Gasteiger partial charge in [0.25, 0.3) is 5.91 Å². The number of aromatic hydroxyl groups is 2. The number of nitrogens with two attached hydrogens (primary N) is 1. The number of rotatable bonds is 3. The fourth-order valence-corrected chi connectivity index (χ4v) is 2.23. The van der Waals surface area contributed by atoms with Crippen molar-refractivity contribution in [2.45, 2.75) is 0 Å². The number of phenolic OH excluding ortho intramolecular Hbond substituents is 2. The van der Waals surface area contributed by atoms with Gasteiger partial charge in [0, 0.05) is 15.6 Å². The maximum absolute atomic E-state index is 12.2. The summed E-state index contributed by atoms with van der Waals surface area (Å²) in [5.74, 6) is -1.12. The summed E-state index contributed by atoms with van der Waals surface area (Å²) < 4.78 is 0.756. The van der Waals surface area contributed by atoms with E-state index in [2.05, 4.69) is 21.2 Å². The highest BCUT2D eigenvalue weighted by molar-refractivity contribution is 9.10. The molecule has 0 radical (unpaired) electrons. The van der Waals surface area contributed by atoms with Crippen LogP contribution in [0.25, 0.3) is 0 Å². The highest BCUT2D eigenvalue weighted by Gasteiger charge is 2.13. The predicted octanol–water partition coefficient (Wildman–Crippen LogP) is 2.75. The van der Waals surface area contributed by atoms with Crippen molar-refractivity contribution >= 4 is 44.7 Å². The second-order valence-electron chi connectivity index (χ2n) is 4.21. The fraction of sp³-hybridized carbons (Fsp3) is 0. The molecule has 2 aromatic rings. The number of hydrogen-bond acceptors (Lipinski definition) is 4. The molecule has 5 nitrogen and oxygen atoms in total. The maximum Gasteiger partial charge on any atom is 0.255 e. The van der Waals surface area contributed by atoms with E-state index in [0.29, 0.717) is 11.3 Å².